The zero-order chi connectivity index (χ0) is 13.5. The molecule has 0 spiro atoms. The minimum Gasteiger partial charge on any atom is -0.469 e. The van der Waals surface area contributed by atoms with Crippen molar-refractivity contribution in [3.8, 4) is 0 Å². The Morgan fingerprint density at radius 3 is 2.80 bits per heavy atom. The lowest BCUT2D eigenvalue weighted by atomic mass is 10.3. The summed E-state index contributed by atoms with van der Waals surface area (Å²) in [6, 6.07) is 4.41. The molecule has 2 heterocycles. The number of likely N-dealkylation sites (tertiary alicyclic amines) is 1. The van der Waals surface area contributed by atoms with Crippen LogP contribution >= 0.6 is 24.0 Å². The van der Waals surface area contributed by atoms with Crippen molar-refractivity contribution in [2.45, 2.75) is 45.6 Å². The lowest BCUT2D eigenvalue weighted by Gasteiger charge is -2.24. The number of rotatable bonds is 5. The van der Waals surface area contributed by atoms with Crippen molar-refractivity contribution in [1.29, 1.82) is 0 Å². The van der Waals surface area contributed by atoms with Crippen molar-refractivity contribution in [2.24, 2.45) is 4.99 Å². The summed E-state index contributed by atoms with van der Waals surface area (Å²) in [6.45, 7) is 7.44. The predicted octanol–water partition coefficient (Wildman–Crippen LogP) is 3.28. The summed E-state index contributed by atoms with van der Waals surface area (Å²) in [5.41, 5.74) is 0. The van der Waals surface area contributed by atoms with Crippen LogP contribution in [0, 0.1) is 0 Å². The minimum absolute atomic E-state index is 0. The molecule has 1 atom stereocenters. The molecule has 0 radical (unpaired) electrons. The van der Waals surface area contributed by atoms with E-state index in [-0.39, 0.29) is 24.0 Å². The van der Waals surface area contributed by atoms with Crippen LogP contribution in [0.5, 0.6) is 0 Å². The van der Waals surface area contributed by atoms with Gasteiger partial charge in [0.2, 0.25) is 0 Å². The number of guanidine groups is 1. The fourth-order valence-electron chi connectivity index (χ4n) is 2.22. The lowest BCUT2D eigenvalue weighted by Crippen LogP contribution is -2.43. The van der Waals surface area contributed by atoms with E-state index in [9.17, 15) is 0 Å². The molecular formula is C15H26IN3O. The summed E-state index contributed by atoms with van der Waals surface area (Å²) in [5, 5.41) is 3.53. The number of hydrogen-bond donors (Lipinski definition) is 1. The number of aliphatic imine (C=N–C) groups is 1. The normalized spacial score (nSPS) is 16.9. The van der Waals surface area contributed by atoms with E-state index in [2.05, 4.69) is 24.1 Å². The molecule has 0 saturated carbocycles. The molecule has 1 aliphatic heterocycles. The van der Waals surface area contributed by atoms with Gasteiger partial charge in [-0.2, -0.15) is 0 Å². The number of hydrogen-bond acceptors (Lipinski definition) is 2. The Balaban J connectivity index is 0.00000200. The van der Waals surface area contributed by atoms with Crippen LogP contribution in [-0.2, 0) is 6.42 Å². The van der Waals surface area contributed by atoms with Gasteiger partial charge in [-0.25, -0.2) is 0 Å². The Labute approximate surface area is 139 Å². The van der Waals surface area contributed by atoms with E-state index in [4.69, 9.17) is 9.41 Å². The van der Waals surface area contributed by atoms with Crippen molar-refractivity contribution in [2.75, 3.05) is 19.6 Å². The van der Waals surface area contributed by atoms with E-state index in [1.165, 1.54) is 12.8 Å². The molecule has 20 heavy (non-hydrogen) atoms. The molecular weight excluding hydrogens is 365 g/mol. The summed E-state index contributed by atoms with van der Waals surface area (Å²) >= 11 is 0. The number of nitrogens with zero attached hydrogens (tertiary/aromatic N) is 2. The molecule has 1 aromatic heterocycles. The Hall–Kier alpha value is -0.720. The van der Waals surface area contributed by atoms with Crippen LogP contribution in [0.1, 0.15) is 38.9 Å². The highest BCUT2D eigenvalue weighted by Crippen LogP contribution is 2.09. The highest BCUT2D eigenvalue weighted by atomic mass is 127. The standard InChI is InChI=1S/C15H25N3O.HI/c1-3-13(2)17-15(18-10-4-5-11-18)16-9-8-14-7-6-12-19-14;/h6-7,12-13H,3-5,8-11H2,1-2H3,(H,16,17);1H. The summed E-state index contributed by atoms with van der Waals surface area (Å²) in [7, 11) is 0. The molecule has 1 unspecified atom stereocenters. The average molecular weight is 391 g/mol. The second-order valence-corrected chi connectivity index (χ2v) is 5.18. The molecule has 2 rings (SSSR count). The van der Waals surface area contributed by atoms with Gasteiger partial charge in [-0.1, -0.05) is 6.92 Å². The molecule has 4 nitrogen and oxygen atoms in total. The molecule has 1 aromatic rings. The summed E-state index contributed by atoms with van der Waals surface area (Å²) in [4.78, 5) is 7.11. The molecule has 0 amide bonds. The van der Waals surface area contributed by atoms with Crippen LogP contribution in [0.25, 0.3) is 0 Å². The van der Waals surface area contributed by atoms with E-state index in [1.54, 1.807) is 6.26 Å². The SMILES string of the molecule is CCC(C)NC(=NCCc1ccco1)N1CCCC1.I. The Bertz CT molecular complexity index is 386. The monoisotopic (exact) mass is 391 g/mol. The number of furan rings is 1. The molecule has 114 valence electrons. The molecule has 5 heteroatoms. The van der Waals surface area contributed by atoms with Gasteiger partial charge in [0.1, 0.15) is 5.76 Å². The maximum absolute atomic E-state index is 5.34. The average Bonchev–Trinajstić information content (AvgIpc) is 3.10. The van der Waals surface area contributed by atoms with Gasteiger partial charge in [0.05, 0.1) is 6.26 Å². The third kappa shape index (κ3) is 5.34. The van der Waals surface area contributed by atoms with E-state index >= 15 is 0 Å². The van der Waals surface area contributed by atoms with E-state index < -0.39 is 0 Å². The van der Waals surface area contributed by atoms with Gasteiger partial charge in [-0.05, 0) is 38.3 Å². The van der Waals surface area contributed by atoms with Crippen LogP contribution in [0.3, 0.4) is 0 Å². The summed E-state index contributed by atoms with van der Waals surface area (Å²) in [6.07, 6.45) is 6.26. The molecule has 1 N–H and O–H groups in total. The molecule has 1 saturated heterocycles. The van der Waals surface area contributed by atoms with Gasteiger partial charge in [-0.3, -0.25) is 4.99 Å². The van der Waals surface area contributed by atoms with Crippen LogP contribution < -0.4 is 5.32 Å². The van der Waals surface area contributed by atoms with Gasteiger partial charge < -0.3 is 14.6 Å². The van der Waals surface area contributed by atoms with E-state index in [0.29, 0.717) is 6.04 Å². The maximum atomic E-state index is 5.34. The Kier molecular flexibility index (Phi) is 8.02. The van der Waals surface area contributed by atoms with Gasteiger partial charge >= 0.3 is 0 Å². The number of nitrogens with one attached hydrogen (secondary N) is 1. The summed E-state index contributed by atoms with van der Waals surface area (Å²) in [5.74, 6) is 2.08. The highest BCUT2D eigenvalue weighted by molar-refractivity contribution is 14.0. The topological polar surface area (TPSA) is 40.8 Å². The lowest BCUT2D eigenvalue weighted by molar-refractivity contribution is 0.470. The first-order valence-electron chi connectivity index (χ1n) is 7.38. The number of halogens is 1. The summed E-state index contributed by atoms with van der Waals surface area (Å²) < 4.78 is 5.34. The maximum Gasteiger partial charge on any atom is 0.194 e. The van der Waals surface area contributed by atoms with Gasteiger partial charge in [-0.15, -0.1) is 24.0 Å². The van der Waals surface area contributed by atoms with E-state index in [0.717, 1.165) is 44.2 Å². The van der Waals surface area contributed by atoms with E-state index in [1.807, 2.05) is 12.1 Å². The van der Waals surface area contributed by atoms with Crippen molar-refractivity contribution in [3.63, 3.8) is 0 Å². The minimum atomic E-state index is 0. The molecule has 0 bridgehead atoms. The fourth-order valence-corrected chi connectivity index (χ4v) is 2.22. The second kappa shape index (κ2) is 9.26. The largest absolute Gasteiger partial charge is 0.469 e. The van der Waals surface area contributed by atoms with Gasteiger partial charge in [0.15, 0.2) is 5.96 Å². The van der Waals surface area contributed by atoms with Crippen LogP contribution in [0.4, 0.5) is 0 Å². The fraction of sp³-hybridized carbons (Fsp3) is 0.667. The third-order valence-electron chi connectivity index (χ3n) is 3.59. The Morgan fingerprint density at radius 2 is 2.20 bits per heavy atom. The molecule has 0 aromatic carbocycles. The first kappa shape index (κ1) is 17.3. The van der Waals surface area contributed by atoms with Crippen molar-refractivity contribution in [3.05, 3.63) is 24.2 Å². The quantitative estimate of drug-likeness (QED) is 0.476. The van der Waals surface area contributed by atoms with Crippen molar-refractivity contribution >= 4 is 29.9 Å². The van der Waals surface area contributed by atoms with Gasteiger partial charge in [0, 0.05) is 32.1 Å². The van der Waals surface area contributed by atoms with Crippen molar-refractivity contribution < 1.29 is 4.42 Å². The van der Waals surface area contributed by atoms with Crippen LogP contribution in [-0.4, -0.2) is 36.5 Å². The highest BCUT2D eigenvalue weighted by Gasteiger charge is 2.17. The van der Waals surface area contributed by atoms with Crippen molar-refractivity contribution in [1.82, 2.24) is 10.2 Å². The Morgan fingerprint density at radius 1 is 1.45 bits per heavy atom. The molecule has 1 fully saturated rings. The molecule has 0 aliphatic carbocycles. The zero-order valence-electron chi connectivity index (χ0n) is 12.5. The van der Waals surface area contributed by atoms with Gasteiger partial charge in [0.25, 0.3) is 0 Å². The van der Waals surface area contributed by atoms with Crippen LogP contribution in [0.15, 0.2) is 27.8 Å². The van der Waals surface area contributed by atoms with Crippen LogP contribution in [0.2, 0.25) is 0 Å². The molecule has 1 aliphatic rings. The first-order valence-corrected chi connectivity index (χ1v) is 7.38. The second-order valence-electron chi connectivity index (χ2n) is 5.18. The first-order chi connectivity index (χ1) is 9.29. The smallest absolute Gasteiger partial charge is 0.194 e. The predicted molar refractivity (Wildman–Crippen MR) is 93.8 cm³/mol. The zero-order valence-corrected chi connectivity index (χ0v) is 14.8. The third-order valence-corrected chi connectivity index (χ3v) is 3.59.